The summed E-state index contributed by atoms with van der Waals surface area (Å²) in [6.07, 6.45) is 0.744. The lowest BCUT2D eigenvalue weighted by Crippen LogP contribution is -2.37. The molecule has 1 amide bonds. The zero-order valence-corrected chi connectivity index (χ0v) is 9.74. The molecule has 0 atom stereocenters. The van der Waals surface area contributed by atoms with Crippen molar-refractivity contribution in [3.8, 4) is 0 Å². The van der Waals surface area contributed by atoms with Crippen molar-refractivity contribution in [2.24, 2.45) is 0 Å². The number of hydrogen-bond acceptors (Lipinski definition) is 3. The average Bonchev–Trinajstić information content (AvgIpc) is 2.79. The van der Waals surface area contributed by atoms with Gasteiger partial charge < -0.3 is 15.0 Å². The molecule has 0 aliphatic carbocycles. The number of nitrogens with zero attached hydrogens (tertiary/aromatic N) is 1. The van der Waals surface area contributed by atoms with Crippen molar-refractivity contribution in [3.63, 3.8) is 0 Å². The fourth-order valence-corrected chi connectivity index (χ4v) is 2.41. The predicted octanol–water partition coefficient (Wildman–Crippen LogP) is 1.63. The average molecular weight is 232 g/mol. The quantitative estimate of drug-likeness (QED) is 0.842. The molecule has 1 N–H and O–H groups in total. The lowest BCUT2D eigenvalue weighted by Gasteiger charge is -2.26. The SMILES string of the molecule is O=C1OCCCN1Cc1ccc2c(c1)CNC2. The fraction of sp³-hybridized carbons (Fsp3) is 0.462. The van der Waals surface area contributed by atoms with Crippen LogP contribution in [-0.4, -0.2) is 24.1 Å². The van der Waals surface area contributed by atoms with E-state index in [1.165, 1.54) is 16.7 Å². The molecule has 0 aromatic heterocycles. The van der Waals surface area contributed by atoms with E-state index in [1.54, 1.807) is 4.90 Å². The summed E-state index contributed by atoms with van der Waals surface area (Å²) in [5.74, 6) is 0. The summed E-state index contributed by atoms with van der Waals surface area (Å²) >= 11 is 0. The number of benzene rings is 1. The fourth-order valence-electron chi connectivity index (χ4n) is 2.41. The summed E-state index contributed by atoms with van der Waals surface area (Å²) in [5.41, 5.74) is 3.91. The van der Waals surface area contributed by atoms with Crippen LogP contribution in [0, 0.1) is 0 Å². The van der Waals surface area contributed by atoms with E-state index in [9.17, 15) is 4.79 Å². The van der Waals surface area contributed by atoms with Crippen molar-refractivity contribution in [2.75, 3.05) is 13.2 Å². The van der Waals surface area contributed by atoms with Gasteiger partial charge in [0, 0.05) is 26.2 Å². The number of ether oxygens (including phenoxy) is 1. The molecule has 2 aliphatic rings. The van der Waals surface area contributed by atoms with E-state index in [-0.39, 0.29) is 6.09 Å². The van der Waals surface area contributed by atoms with Crippen molar-refractivity contribution >= 4 is 6.09 Å². The van der Waals surface area contributed by atoms with Crippen molar-refractivity contribution in [2.45, 2.75) is 26.1 Å². The number of nitrogens with one attached hydrogen (secondary N) is 1. The number of amides is 1. The molecule has 1 fully saturated rings. The van der Waals surface area contributed by atoms with Gasteiger partial charge >= 0.3 is 6.09 Å². The van der Waals surface area contributed by atoms with Crippen LogP contribution in [0.4, 0.5) is 4.79 Å². The molecule has 1 aromatic carbocycles. The Morgan fingerprint density at radius 2 is 2.18 bits per heavy atom. The maximum absolute atomic E-state index is 11.5. The molecule has 0 saturated carbocycles. The van der Waals surface area contributed by atoms with E-state index < -0.39 is 0 Å². The molecule has 2 aliphatic heterocycles. The molecule has 4 nitrogen and oxygen atoms in total. The third kappa shape index (κ3) is 2.13. The molecule has 4 heteroatoms. The Morgan fingerprint density at radius 3 is 3.06 bits per heavy atom. The molecule has 0 unspecified atom stereocenters. The highest BCUT2D eigenvalue weighted by molar-refractivity contribution is 5.68. The third-order valence-corrected chi connectivity index (χ3v) is 3.33. The smallest absolute Gasteiger partial charge is 0.410 e. The predicted molar refractivity (Wildman–Crippen MR) is 63.4 cm³/mol. The molecular weight excluding hydrogens is 216 g/mol. The molecule has 1 aromatic rings. The minimum atomic E-state index is -0.185. The molecule has 2 heterocycles. The van der Waals surface area contributed by atoms with Gasteiger partial charge in [-0.2, -0.15) is 0 Å². The van der Waals surface area contributed by atoms with Gasteiger partial charge in [0.15, 0.2) is 0 Å². The van der Waals surface area contributed by atoms with Crippen LogP contribution in [0.15, 0.2) is 18.2 Å². The first-order valence-corrected chi connectivity index (χ1v) is 6.06. The molecule has 17 heavy (non-hydrogen) atoms. The Bertz CT molecular complexity index is 445. The first-order valence-electron chi connectivity index (χ1n) is 6.06. The topological polar surface area (TPSA) is 41.6 Å². The normalized spacial score (nSPS) is 19.1. The number of rotatable bonds is 2. The van der Waals surface area contributed by atoms with Gasteiger partial charge in [0.1, 0.15) is 0 Å². The van der Waals surface area contributed by atoms with Crippen LogP contribution in [-0.2, 0) is 24.4 Å². The second kappa shape index (κ2) is 4.37. The Labute approximate surface area is 101 Å². The van der Waals surface area contributed by atoms with Gasteiger partial charge in [-0.3, -0.25) is 0 Å². The van der Waals surface area contributed by atoms with E-state index in [1.807, 2.05) is 0 Å². The number of carbonyl (C=O) groups excluding carboxylic acids is 1. The monoisotopic (exact) mass is 232 g/mol. The minimum absolute atomic E-state index is 0.185. The first kappa shape index (κ1) is 10.6. The van der Waals surface area contributed by atoms with Crippen LogP contribution in [0.3, 0.4) is 0 Å². The van der Waals surface area contributed by atoms with Gasteiger partial charge in [0.05, 0.1) is 6.61 Å². The summed E-state index contributed by atoms with van der Waals surface area (Å²) in [7, 11) is 0. The number of hydrogen-bond donors (Lipinski definition) is 1. The number of cyclic esters (lactones) is 1. The lowest BCUT2D eigenvalue weighted by molar-refractivity contribution is 0.0700. The van der Waals surface area contributed by atoms with Gasteiger partial charge in [0.2, 0.25) is 0 Å². The zero-order valence-electron chi connectivity index (χ0n) is 9.74. The molecule has 0 spiro atoms. The van der Waals surface area contributed by atoms with Gasteiger partial charge in [-0.05, 0) is 23.1 Å². The largest absolute Gasteiger partial charge is 0.449 e. The highest BCUT2D eigenvalue weighted by atomic mass is 16.6. The van der Waals surface area contributed by atoms with Crippen molar-refractivity contribution < 1.29 is 9.53 Å². The van der Waals surface area contributed by atoms with Crippen LogP contribution in [0.1, 0.15) is 23.1 Å². The van der Waals surface area contributed by atoms with Crippen LogP contribution < -0.4 is 5.32 Å². The second-order valence-electron chi connectivity index (χ2n) is 4.60. The van der Waals surface area contributed by atoms with Crippen LogP contribution in [0.2, 0.25) is 0 Å². The summed E-state index contributed by atoms with van der Waals surface area (Å²) in [5, 5.41) is 3.32. The van der Waals surface area contributed by atoms with E-state index in [0.29, 0.717) is 13.2 Å². The van der Waals surface area contributed by atoms with Crippen molar-refractivity contribution in [3.05, 3.63) is 34.9 Å². The summed E-state index contributed by atoms with van der Waals surface area (Å²) < 4.78 is 5.03. The standard InChI is InChI=1S/C13H16N2O2/c16-13-15(4-1-5-17-13)9-10-2-3-11-7-14-8-12(11)6-10/h2-3,6,14H,1,4-5,7-9H2. The van der Waals surface area contributed by atoms with Crippen LogP contribution in [0.5, 0.6) is 0 Å². The van der Waals surface area contributed by atoms with E-state index in [2.05, 4.69) is 23.5 Å². The van der Waals surface area contributed by atoms with Gasteiger partial charge in [-0.1, -0.05) is 18.2 Å². The zero-order chi connectivity index (χ0) is 11.7. The second-order valence-corrected chi connectivity index (χ2v) is 4.60. The van der Waals surface area contributed by atoms with Crippen molar-refractivity contribution in [1.82, 2.24) is 10.2 Å². The maximum atomic E-state index is 11.5. The lowest BCUT2D eigenvalue weighted by atomic mass is 10.1. The molecule has 3 rings (SSSR count). The highest BCUT2D eigenvalue weighted by Crippen LogP contribution is 2.19. The Kier molecular flexibility index (Phi) is 2.73. The summed E-state index contributed by atoms with van der Waals surface area (Å²) in [4.78, 5) is 13.3. The van der Waals surface area contributed by atoms with E-state index >= 15 is 0 Å². The molecule has 0 radical (unpaired) electrons. The molecular formula is C13H16N2O2. The minimum Gasteiger partial charge on any atom is -0.449 e. The maximum Gasteiger partial charge on any atom is 0.410 e. The van der Waals surface area contributed by atoms with Gasteiger partial charge in [0.25, 0.3) is 0 Å². The summed E-state index contributed by atoms with van der Waals surface area (Å²) in [6, 6.07) is 6.45. The Morgan fingerprint density at radius 1 is 1.29 bits per heavy atom. The summed E-state index contributed by atoms with van der Waals surface area (Å²) in [6.45, 7) is 3.92. The van der Waals surface area contributed by atoms with Crippen LogP contribution in [0.25, 0.3) is 0 Å². The Balaban J connectivity index is 1.74. The molecule has 1 saturated heterocycles. The number of carbonyl (C=O) groups is 1. The first-order chi connectivity index (χ1) is 8.33. The Hall–Kier alpha value is -1.55. The number of fused-ring (bicyclic) bond motifs is 1. The highest BCUT2D eigenvalue weighted by Gasteiger charge is 2.20. The molecule has 90 valence electrons. The third-order valence-electron chi connectivity index (χ3n) is 3.33. The van der Waals surface area contributed by atoms with Gasteiger partial charge in [-0.25, -0.2) is 4.79 Å². The van der Waals surface area contributed by atoms with Crippen molar-refractivity contribution in [1.29, 1.82) is 0 Å². The molecule has 0 bridgehead atoms. The van der Waals surface area contributed by atoms with Gasteiger partial charge in [-0.15, -0.1) is 0 Å². The van der Waals surface area contributed by atoms with E-state index in [4.69, 9.17) is 4.74 Å². The van der Waals surface area contributed by atoms with Crippen LogP contribution >= 0.6 is 0 Å². The van der Waals surface area contributed by atoms with E-state index in [0.717, 1.165) is 26.1 Å².